The fourth-order valence-electron chi connectivity index (χ4n) is 4.26. The van der Waals surface area contributed by atoms with Crippen LogP contribution in [-0.4, -0.2) is 19.1 Å². The molecule has 0 bridgehead atoms. The number of fused-ring (bicyclic) bond motifs is 1. The van der Waals surface area contributed by atoms with Crippen molar-refractivity contribution in [1.82, 2.24) is 0 Å². The lowest BCUT2D eigenvalue weighted by Gasteiger charge is -2.39. The summed E-state index contributed by atoms with van der Waals surface area (Å²) >= 11 is 0. The lowest BCUT2D eigenvalue weighted by molar-refractivity contribution is -0.122. The van der Waals surface area contributed by atoms with E-state index in [0.29, 0.717) is 5.92 Å². The molecule has 0 N–H and O–H groups in total. The molecule has 0 saturated heterocycles. The second kappa shape index (κ2) is 10.5. The Morgan fingerprint density at radius 1 is 0.938 bits per heavy atom. The summed E-state index contributed by atoms with van der Waals surface area (Å²) in [5.74, 6) is 1.51. The summed E-state index contributed by atoms with van der Waals surface area (Å²) in [4.78, 5) is 14.7. The van der Waals surface area contributed by atoms with Gasteiger partial charge in [-0.15, -0.1) is 0 Å². The Bertz CT molecular complexity index is 1020. The van der Waals surface area contributed by atoms with Crippen molar-refractivity contribution in [2.24, 2.45) is 5.92 Å². The van der Waals surface area contributed by atoms with Gasteiger partial charge in [0.25, 0.3) is 0 Å². The van der Waals surface area contributed by atoms with Gasteiger partial charge < -0.3 is 9.64 Å². The standard InChI is InChI=1S/C22H27NO2.C7H8/c1-14(2)22(24)23-16(4)12-15(3)20-13-18(8-11-21(20)23)17-6-9-19(25-5)10-7-17;1-7-5-3-2-4-6-7/h6-11,13-16H,12H2,1-5H3;2-6H,1H3. The Morgan fingerprint density at radius 2 is 1.56 bits per heavy atom. The van der Waals surface area contributed by atoms with Crippen LogP contribution in [0.5, 0.6) is 5.75 Å². The van der Waals surface area contributed by atoms with Crippen molar-refractivity contribution in [3.05, 3.63) is 83.9 Å². The molecule has 0 aromatic heterocycles. The molecule has 168 valence electrons. The number of anilines is 1. The average Bonchev–Trinajstić information content (AvgIpc) is 2.80. The first kappa shape index (κ1) is 23.6. The largest absolute Gasteiger partial charge is 0.497 e. The third-order valence-electron chi connectivity index (χ3n) is 6.05. The predicted molar refractivity (Wildman–Crippen MR) is 134 cm³/mol. The van der Waals surface area contributed by atoms with Crippen molar-refractivity contribution < 1.29 is 9.53 Å². The fourth-order valence-corrected chi connectivity index (χ4v) is 4.26. The molecule has 0 saturated carbocycles. The highest BCUT2D eigenvalue weighted by molar-refractivity contribution is 5.97. The Balaban J connectivity index is 0.000000352. The minimum absolute atomic E-state index is 0.00460. The molecule has 1 aliphatic heterocycles. The van der Waals surface area contributed by atoms with Crippen LogP contribution in [-0.2, 0) is 4.79 Å². The second-order valence-electron chi connectivity index (χ2n) is 9.01. The number of benzene rings is 3. The molecular formula is C29H35NO2. The number of nitrogens with zero attached hydrogens (tertiary/aromatic N) is 1. The monoisotopic (exact) mass is 429 g/mol. The number of carbonyl (C=O) groups is 1. The van der Waals surface area contributed by atoms with Gasteiger partial charge in [-0.2, -0.15) is 0 Å². The van der Waals surface area contributed by atoms with Gasteiger partial charge in [0.15, 0.2) is 0 Å². The molecule has 3 aromatic rings. The van der Waals surface area contributed by atoms with Crippen molar-refractivity contribution in [2.45, 2.75) is 53.0 Å². The van der Waals surface area contributed by atoms with Crippen molar-refractivity contribution >= 4 is 11.6 Å². The zero-order chi connectivity index (χ0) is 23.3. The number of methoxy groups -OCH3 is 1. The van der Waals surface area contributed by atoms with Gasteiger partial charge in [0.05, 0.1) is 7.11 Å². The molecule has 0 fully saturated rings. The molecule has 0 radical (unpaired) electrons. The molecule has 1 aliphatic rings. The lowest BCUT2D eigenvalue weighted by atomic mass is 9.85. The van der Waals surface area contributed by atoms with Crippen molar-refractivity contribution in [1.29, 1.82) is 0 Å². The molecule has 3 aromatic carbocycles. The van der Waals surface area contributed by atoms with E-state index in [1.807, 2.05) is 49.1 Å². The van der Waals surface area contributed by atoms with Crippen LogP contribution in [0.1, 0.15) is 51.2 Å². The molecular weight excluding hydrogens is 394 g/mol. The highest BCUT2D eigenvalue weighted by Crippen LogP contribution is 2.41. The molecule has 32 heavy (non-hydrogen) atoms. The summed E-state index contributed by atoms with van der Waals surface area (Å²) in [6.45, 7) is 10.4. The second-order valence-corrected chi connectivity index (χ2v) is 9.01. The molecule has 0 aliphatic carbocycles. The summed E-state index contributed by atoms with van der Waals surface area (Å²) < 4.78 is 5.24. The first-order chi connectivity index (χ1) is 15.3. The van der Waals surface area contributed by atoms with Crippen molar-refractivity contribution in [3.8, 4) is 16.9 Å². The summed E-state index contributed by atoms with van der Waals surface area (Å²) in [5, 5.41) is 0. The van der Waals surface area contributed by atoms with Crippen LogP contribution in [0.15, 0.2) is 72.8 Å². The van der Waals surface area contributed by atoms with Crippen molar-refractivity contribution in [2.75, 3.05) is 12.0 Å². The van der Waals surface area contributed by atoms with E-state index in [9.17, 15) is 4.79 Å². The topological polar surface area (TPSA) is 29.5 Å². The van der Waals surface area contributed by atoms with E-state index in [-0.39, 0.29) is 17.9 Å². The predicted octanol–water partition coefficient (Wildman–Crippen LogP) is 7.24. The molecule has 0 spiro atoms. The van der Waals surface area contributed by atoms with Gasteiger partial charge in [-0.25, -0.2) is 0 Å². The molecule has 2 atom stereocenters. The maximum Gasteiger partial charge on any atom is 0.229 e. The first-order valence-corrected chi connectivity index (χ1v) is 11.4. The van der Waals surface area contributed by atoms with Gasteiger partial charge in [0.1, 0.15) is 5.75 Å². The SMILES string of the molecule is COc1ccc(-c2ccc3c(c2)C(C)CC(C)N3C(=O)C(C)C)cc1.Cc1ccccc1. The first-order valence-electron chi connectivity index (χ1n) is 11.4. The van der Waals surface area contributed by atoms with Crippen LogP contribution in [0.4, 0.5) is 5.69 Å². The summed E-state index contributed by atoms with van der Waals surface area (Å²) in [6, 6.07) is 25.1. The van der Waals surface area contributed by atoms with Gasteiger partial charge in [0.2, 0.25) is 5.91 Å². The van der Waals surface area contributed by atoms with Crippen LogP contribution in [0.3, 0.4) is 0 Å². The zero-order valence-corrected chi connectivity index (χ0v) is 20.1. The fraction of sp³-hybridized carbons (Fsp3) is 0.345. The molecule has 3 heteroatoms. The van der Waals surface area contributed by atoms with E-state index in [2.05, 4.69) is 63.2 Å². The lowest BCUT2D eigenvalue weighted by Crippen LogP contribution is -2.44. The maximum absolute atomic E-state index is 12.7. The summed E-state index contributed by atoms with van der Waals surface area (Å²) in [5.41, 5.74) is 6.00. The molecule has 2 unspecified atom stereocenters. The summed E-state index contributed by atoms with van der Waals surface area (Å²) in [6.07, 6.45) is 0.998. The van der Waals surface area contributed by atoms with Crippen LogP contribution in [0, 0.1) is 12.8 Å². The Labute approximate surface area is 193 Å². The smallest absolute Gasteiger partial charge is 0.229 e. The number of ether oxygens (including phenoxy) is 1. The molecule has 1 amide bonds. The van der Waals surface area contributed by atoms with E-state index in [1.54, 1.807) is 7.11 Å². The molecule has 4 rings (SSSR count). The van der Waals surface area contributed by atoms with Crippen LogP contribution < -0.4 is 9.64 Å². The molecule has 1 heterocycles. The van der Waals surface area contributed by atoms with Gasteiger partial charge >= 0.3 is 0 Å². The van der Waals surface area contributed by atoms with Gasteiger partial charge in [-0.1, -0.05) is 74.9 Å². The van der Waals surface area contributed by atoms with Gasteiger partial charge in [0, 0.05) is 17.6 Å². The number of carbonyl (C=O) groups excluding carboxylic acids is 1. The third-order valence-corrected chi connectivity index (χ3v) is 6.05. The van der Waals surface area contributed by atoms with E-state index in [1.165, 1.54) is 16.7 Å². The maximum atomic E-state index is 12.7. The highest BCUT2D eigenvalue weighted by atomic mass is 16.5. The van der Waals surface area contributed by atoms with Gasteiger partial charge in [-0.05, 0) is 67.1 Å². The Kier molecular flexibility index (Phi) is 7.74. The summed E-state index contributed by atoms with van der Waals surface area (Å²) in [7, 11) is 1.68. The Hall–Kier alpha value is -3.07. The normalized spacial score (nSPS) is 17.3. The number of hydrogen-bond donors (Lipinski definition) is 0. The average molecular weight is 430 g/mol. The molecule has 3 nitrogen and oxygen atoms in total. The van der Waals surface area contributed by atoms with E-state index in [0.717, 1.165) is 23.4 Å². The van der Waals surface area contributed by atoms with Crippen LogP contribution >= 0.6 is 0 Å². The van der Waals surface area contributed by atoms with E-state index in [4.69, 9.17) is 4.74 Å². The minimum atomic E-state index is 0.00460. The number of aryl methyl sites for hydroxylation is 1. The van der Waals surface area contributed by atoms with Gasteiger partial charge in [-0.3, -0.25) is 4.79 Å². The van der Waals surface area contributed by atoms with Crippen LogP contribution in [0.2, 0.25) is 0 Å². The quantitative estimate of drug-likeness (QED) is 0.439. The zero-order valence-electron chi connectivity index (χ0n) is 20.1. The van der Waals surface area contributed by atoms with Crippen LogP contribution in [0.25, 0.3) is 11.1 Å². The Morgan fingerprint density at radius 3 is 2.09 bits per heavy atom. The minimum Gasteiger partial charge on any atom is -0.497 e. The highest BCUT2D eigenvalue weighted by Gasteiger charge is 2.32. The third kappa shape index (κ3) is 5.40. The number of rotatable bonds is 3. The van der Waals surface area contributed by atoms with E-state index < -0.39 is 0 Å². The van der Waals surface area contributed by atoms with E-state index >= 15 is 0 Å². The van der Waals surface area contributed by atoms with Crippen molar-refractivity contribution in [3.63, 3.8) is 0 Å². The number of amides is 1. The number of hydrogen-bond acceptors (Lipinski definition) is 2.